The third kappa shape index (κ3) is 3.41. The van der Waals surface area contributed by atoms with E-state index >= 15 is 0 Å². The maximum Gasteiger partial charge on any atom is 0.203 e. The van der Waals surface area contributed by atoms with E-state index in [1.54, 1.807) is 21.3 Å². The molecule has 3 aromatic rings. The van der Waals surface area contributed by atoms with Crippen LogP contribution in [0.5, 0.6) is 23.0 Å². The van der Waals surface area contributed by atoms with Crippen molar-refractivity contribution in [2.24, 2.45) is 0 Å². The lowest BCUT2D eigenvalue weighted by molar-refractivity contribution is 0.324. The molecule has 4 rings (SSSR count). The zero-order chi connectivity index (χ0) is 21.3. The van der Waals surface area contributed by atoms with Crippen molar-refractivity contribution in [3.63, 3.8) is 0 Å². The van der Waals surface area contributed by atoms with Crippen molar-refractivity contribution in [1.82, 2.24) is 0 Å². The van der Waals surface area contributed by atoms with Gasteiger partial charge in [0.25, 0.3) is 0 Å². The first-order valence-corrected chi connectivity index (χ1v) is 11.1. The van der Waals surface area contributed by atoms with Crippen molar-refractivity contribution >= 4 is 27.0 Å². The predicted molar refractivity (Wildman–Crippen MR) is 124 cm³/mol. The van der Waals surface area contributed by atoms with Crippen LogP contribution >= 0.6 is 11.3 Å². The van der Waals surface area contributed by atoms with Crippen LogP contribution in [0, 0.1) is 6.92 Å². The molecule has 1 heterocycles. The lowest BCUT2D eigenvalue weighted by Crippen LogP contribution is -2.04. The molecule has 0 spiro atoms. The van der Waals surface area contributed by atoms with Crippen molar-refractivity contribution in [2.45, 2.75) is 33.1 Å². The van der Waals surface area contributed by atoms with E-state index in [0.717, 1.165) is 24.2 Å². The lowest BCUT2D eigenvalue weighted by atomic mass is 9.83. The van der Waals surface area contributed by atoms with Crippen molar-refractivity contribution in [3.05, 3.63) is 51.9 Å². The molecule has 0 N–H and O–H groups in total. The molecule has 1 fully saturated rings. The van der Waals surface area contributed by atoms with Gasteiger partial charge in [0.1, 0.15) is 5.75 Å². The molecule has 1 aromatic heterocycles. The topological polar surface area (TPSA) is 36.9 Å². The van der Waals surface area contributed by atoms with Gasteiger partial charge in [-0.05, 0) is 73.4 Å². The van der Waals surface area contributed by atoms with Crippen LogP contribution < -0.4 is 18.9 Å². The minimum Gasteiger partial charge on any atom is -0.493 e. The fourth-order valence-electron chi connectivity index (χ4n) is 4.05. The van der Waals surface area contributed by atoms with Gasteiger partial charge in [-0.25, -0.2) is 0 Å². The molecule has 0 radical (unpaired) electrons. The van der Waals surface area contributed by atoms with E-state index in [1.807, 2.05) is 18.3 Å². The molecule has 0 aliphatic heterocycles. The highest BCUT2D eigenvalue weighted by molar-refractivity contribution is 7.20. The molecule has 0 unspecified atom stereocenters. The standard InChI is InChI=1S/C25H28O4S/c1-6-29-19-12-8-11-18-15(2)24(30-25(18)19)22(16-9-7-10-16)17-13-20(26-3)23(28-5)21(14-17)27-4/h8,11-14H,6-7,9-10H2,1-5H3. The monoisotopic (exact) mass is 424 g/mol. The van der Waals surface area contributed by atoms with Gasteiger partial charge in [-0.1, -0.05) is 17.7 Å². The predicted octanol–water partition coefficient (Wildman–Crippen LogP) is 6.62. The van der Waals surface area contributed by atoms with Crippen LogP contribution in [0.1, 0.15) is 42.2 Å². The highest BCUT2D eigenvalue weighted by Crippen LogP contribution is 2.48. The molecule has 0 saturated heterocycles. The van der Waals surface area contributed by atoms with Crippen molar-refractivity contribution in [3.8, 4) is 23.0 Å². The maximum atomic E-state index is 5.91. The van der Waals surface area contributed by atoms with E-state index in [2.05, 4.69) is 37.3 Å². The maximum absolute atomic E-state index is 5.91. The Morgan fingerprint density at radius 2 is 1.67 bits per heavy atom. The number of aryl methyl sites for hydroxylation is 1. The molecule has 5 heteroatoms. The van der Waals surface area contributed by atoms with Crippen LogP contribution in [0.4, 0.5) is 0 Å². The molecule has 158 valence electrons. The van der Waals surface area contributed by atoms with Gasteiger partial charge in [-0.2, -0.15) is 0 Å². The first kappa shape index (κ1) is 20.6. The molecule has 30 heavy (non-hydrogen) atoms. The molecule has 0 amide bonds. The SMILES string of the molecule is CCOc1cccc2c(C)c(C(=C3CCC3)c3cc(OC)c(OC)c(OC)c3)sc12. The summed E-state index contributed by atoms with van der Waals surface area (Å²) in [6, 6.07) is 10.4. The highest BCUT2D eigenvalue weighted by Gasteiger charge is 2.25. The average molecular weight is 425 g/mol. The molecular formula is C25H28O4S. The molecule has 1 aliphatic rings. The van der Waals surface area contributed by atoms with Gasteiger partial charge < -0.3 is 18.9 Å². The Morgan fingerprint density at radius 1 is 0.967 bits per heavy atom. The first-order valence-electron chi connectivity index (χ1n) is 10.3. The van der Waals surface area contributed by atoms with Gasteiger partial charge in [0.2, 0.25) is 5.75 Å². The van der Waals surface area contributed by atoms with Gasteiger partial charge in [-0.15, -0.1) is 11.3 Å². The second kappa shape index (κ2) is 8.60. The molecule has 4 nitrogen and oxygen atoms in total. The van der Waals surface area contributed by atoms with Crippen LogP contribution in [0.25, 0.3) is 15.7 Å². The fraction of sp³-hybridized carbons (Fsp3) is 0.360. The van der Waals surface area contributed by atoms with Gasteiger partial charge >= 0.3 is 0 Å². The zero-order valence-electron chi connectivity index (χ0n) is 18.3. The first-order chi connectivity index (χ1) is 14.6. The third-order valence-corrected chi connectivity index (χ3v) is 7.06. The van der Waals surface area contributed by atoms with Crippen molar-refractivity contribution in [1.29, 1.82) is 0 Å². The Labute approximate surface area is 182 Å². The van der Waals surface area contributed by atoms with Crippen LogP contribution in [0.2, 0.25) is 0 Å². The van der Waals surface area contributed by atoms with Crippen molar-refractivity contribution < 1.29 is 18.9 Å². The van der Waals surface area contributed by atoms with E-state index in [4.69, 9.17) is 18.9 Å². The Balaban J connectivity index is 1.95. The number of ether oxygens (including phenoxy) is 4. The molecular weight excluding hydrogens is 396 g/mol. The Bertz CT molecular complexity index is 1080. The third-order valence-electron chi connectivity index (χ3n) is 5.72. The molecule has 0 bridgehead atoms. The normalized spacial score (nSPS) is 13.2. The van der Waals surface area contributed by atoms with E-state index in [1.165, 1.54) is 38.1 Å². The molecule has 2 aromatic carbocycles. The second-order valence-corrected chi connectivity index (χ2v) is 8.39. The summed E-state index contributed by atoms with van der Waals surface area (Å²) in [4.78, 5) is 1.29. The molecule has 0 atom stereocenters. The quantitative estimate of drug-likeness (QED) is 0.427. The number of allylic oxidation sites excluding steroid dienone is 1. The smallest absolute Gasteiger partial charge is 0.203 e. The summed E-state index contributed by atoms with van der Waals surface area (Å²) in [5.74, 6) is 2.93. The fourth-order valence-corrected chi connectivity index (χ4v) is 5.44. The summed E-state index contributed by atoms with van der Waals surface area (Å²) in [5, 5.41) is 1.26. The average Bonchev–Trinajstić information content (AvgIpc) is 3.07. The van der Waals surface area contributed by atoms with Crippen LogP contribution in [0.15, 0.2) is 35.9 Å². The lowest BCUT2D eigenvalue weighted by Gasteiger charge is -2.24. The summed E-state index contributed by atoms with van der Waals surface area (Å²) >= 11 is 1.81. The number of hydrogen-bond donors (Lipinski definition) is 0. The zero-order valence-corrected chi connectivity index (χ0v) is 19.1. The van der Waals surface area contributed by atoms with Crippen molar-refractivity contribution in [2.75, 3.05) is 27.9 Å². The summed E-state index contributed by atoms with van der Waals surface area (Å²) in [7, 11) is 4.96. The second-order valence-electron chi connectivity index (χ2n) is 7.37. The number of methoxy groups -OCH3 is 3. The Morgan fingerprint density at radius 3 is 2.20 bits per heavy atom. The summed E-state index contributed by atoms with van der Waals surface area (Å²) in [5.41, 5.74) is 5.17. The number of benzene rings is 2. The Kier molecular flexibility index (Phi) is 5.91. The Hall–Kier alpha value is -2.66. The van der Waals surface area contributed by atoms with Gasteiger partial charge in [0.15, 0.2) is 11.5 Å². The van der Waals surface area contributed by atoms with Gasteiger partial charge in [0.05, 0.1) is 32.6 Å². The number of rotatable bonds is 7. The van der Waals surface area contributed by atoms with Crippen LogP contribution in [0.3, 0.4) is 0 Å². The summed E-state index contributed by atoms with van der Waals surface area (Å²) < 4.78 is 23.9. The van der Waals surface area contributed by atoms with Gasteiger partial charge in [-0.3, -0.25) is 0 Å². The molecule has 1 saturated carbocycles. The van der Waals surface area contributed by atoms with Crippen LogP contribution in [-0.2, 0) is 0 Å². The minimum atomic E-state index is 0.619. The van der Waals surface area contributed by atoms with E-state index in [0.29, 0.717) is 23.9 Å². The van der Waals surface area contributed by atoms with E-state index in [-0.39, 0.29) is 0 Å². The number of thiophene rings is 1. The van der Waals surface area contributed by atoms with E-state index in [9.17, 15) is 0 Å². The minimum absolute atomic E-state index is 0.619. The number of fused-ring (bicyclic) bond motifs is 1. The largest absolute Gasteiger partial charge is 0.493 e. The summed E-state index contributed by atoms with van der Waals surface area (Å²) in [6.07, 6.45) is 3.48. The highest BCUT2D eigenvalue weighted by atomic mass is 32.1. The van der Waals surface area contributed by atoms with Crippen LogP contribution in [-0.4, -0.2) is 27.9 Å². The number of hydrogen-bond acceptors (Lipinski definition) is 5. The molecule has 1 aliphatic carbocycles. The van der Waals surface area contributed by atoms with E-state index < -0.39 is 0 Å². The summed E-state index contributed by atoms with van der Waals surface area (Å²) in [6.45, 7) is 4.89. The van der Waals surface area contributed by atoms with Gasteiger partial charge in [0, 0.05) is 4.88 Å².